The Morgan fingerprint density at radius 1 is 1.50 bits per heavy atom. The van der Waals surface area contributed by atoms with Crippen LogP contribution < -0.4 is 0 Å². The summed E-state index contributed by atoms with van der Waals surface area (Å²) in [5.41, 5.74) is 1.10. The van der Waals surface area contributed by atoms with E-state index in [4.69, 9.17) is 5.26 Å². The highest BCUT2D eigenvalue weighted by molar-refractivity contribution is 5.21. The molecule has 0 heterocycles. The van der Waals surface area contributed by atoms with E-state index in [0.29, 0.717) is 12.3 Å². The molecule has 1 nitrogen and oxygen atoms in total. The lowest BCUT2D eigenvalue weighted by molar-refractivity contribution is 0.305. The lowest BCUT2D eigenvalue weighted by Crippen LogP contribution is -2.14. The van der Waals surface area contributed by atoms with Crippen molar-refractivity contribution < 1.29 is 0 Å². The Morgan fingerprint density at radius 2 is 2.21 bits per heavy atom. The second kappa shape index (κ2) is 5.65. The highest BCUT2D eigenvalue weighted by Crippen LogP contribution is 2.31. The van der Waals surface area contributed by atoms with E-state index in [-0.39, 0.29) is 0 Å². The van der Waals surface area contributed by atoms with Gasteiger partial charge in [-0.1, -0.05) is 44.9 Å². The average Bonchev–Trinajstić information content (AvgIpc) is 2.20. The zero-order valence-corrected chi connectivity index (χ0v) is 9.00. The van der Waals surface area contributed by atoms with Crippen LogP contribution in [0, 0.1) is 23.2 Å². The third-order valence-electron chi connectivity index (χ3n) is 3.15. The Balaban J connectivity index is 2.62. The summed E-state index contributed by atoms with van der Waals surface area (Å²) in [7, 11) is 0. The van der Waals surface area contributed by atoms with Crippen LogP contribution >= 0.6 is 0 Å². The van der Waals surface area contributed by atoms with Crippen molar-refractivity contribution in [3.05, 3.63) is 24.3 Å². The quantitative estimate of drug-likeness (QED) is 0.619. The first-order valence-corrected chi connectivity index (χ1v) is 5.48. The van der Waals surface area contributed by atoms with Crippen molar-refractivity contribution in [1.82, 2.24) is 0 Å². The van der Waals surface area contributed by atoms with Gasteiger partial charge in [0, 0.05) is 0 Å². The number of hydrogen-bond acceptors (Lipinski definition) is 1. The molecule has 1 saturated carbocycles. The van der Waals surface area contributed by atoms with Crippen molar-refractivity contribution in [1.29, 1.82) is 5.26 Å². The van der Waals surface area contributed by atoms with Crippen molar-refractivity contribution in [2.24, 2.45) is 11.8 Å². The molecule has 1 aliphatic rings. The molecule has 0 aliphatic heterocycles. The van der Waals surface area contributed by atoms with Crippen LogP contribution in [0.1, 0.15) is 39.0 Å². The molecule has 1 fully saturated rings. The molecule has 14 heavy (non-hydrogen) atoms. The fourth-order valence-electron chi connectivity index (χ4n) is 2.16. The van der Waals surface area contributed by atoms with Gasteiger partial charge in [-0.2, -0.15) is 5.26 Å². The van der Waals surface area contributed by atoms with Crippen molar-refractivity contribution in [3.63, 3.8) is 0 Å². The smallest absolute Gasteiger partial charge is 0.0669 e. The summed E-state index contributed by atoms with van der Waals surface area (Å²) >= 11 is 0. The summed E-state index contributed by atoms with van der Waals surface area (Å²) in [5.74, 6) is 1.45. The monoisotopic (exact) mass is 189 g/mol. The van der Waals surface area contributed by atoms with Gasteiger partial charge in [-0.3, -0.25) is 0 Å². The third kappa shape index (κ3) is 3.03. The number of allylic oxidation sites excluding steroid dienone is 3. The Bertz CT molecular complexity index is 257. The molecular weight excluding hydrogens is 170 g/mol. The van der Waals surface area contributed by atoms with Crippen LogP contribution in [-0.4, -0.2) is 0 Å². The largest absolute Gasteiger partial charge is 0.198 e. The van der Waals surface area contributed by atoms with Crippen LogP contribution in [0.2, 0.25) is 0 Å². The van der Waals surface area contributed by atoms with Crippen LogP contribution in [0.3, 0.4) is 0 Å². The SMILES string of the molecule is C=C/C(=C\C1CCCCC1C)CC#N. The number of rotatable bonds is 3. The molecule has 0 spiro atoms. The minimum absolute atomic E-state index is 0.507. The summed E-state index contributed by atoms with van der Waals surface area (Å²) in [6, 6.07) is 2.18. The molecule has 0 saturated heterocycles. The van der Waals surface area contributed by atoms with Crippen molar-refractivity contribution in [2.75, 3.05) is 0 Å². The predicted molar refractivity (Wildman–Crippen MR) is 59.6 cm³/mol. The second-order valence-corrected chi connectivity index (χ2v) is 4.21. The van der Waals surface area contributed by atoms with Crippen LogP contribution in [-0.2, 0) is 0 Å². The van der Waals surface area contributed by atoms with E-state index in [9.17, 15) is 0 Å². The van der Waals surface area contributed by atoms with Crippen molar-refractivity contribution >= 4 is 0 Å². The summed E-state index contributed by atoms with van der Waals surface area (Å²) in [6.07, 6.45) is 9.91. The maximum absolute atomic E-state index is 8.62. The molecule has 2 unspecified atom stereocenters. The molecule has 1 aliphatic carbocycles. The maximum atomic E-state index is 8.62. The Morgan fingerprint density at radius 3 is 2.79 bits per heavy atom. The minimum atomic E-state index is 0.507. The molecule has 1 rings (SSSR count). The highest BCUT2D eigenvalue weighted by atomic mass is 14.3. The van der Waals surface area contributed by atoms with E-state index in [1.807, 2.05) is 6.08 Å². The van der Waals surface area contributed by atoms with Gasteiger partial charge in [0.05, 0.1) is 12.5 Å². The van der Waals surface area contributed by atoms with E-state index < -0.39 is 0 Å². The van der Waals surface area contributed by atoms with Gasteiger partial charge in [0.25, 0.3) is 0 Å². The molecule has 0 aromatic rings. The number of hydrogen-bond donors (Lipinski definition) is 0. The molecule has 0 N–H and O–H groups in total. The normalized spacial score (nSPS) is 28.1. The Labute approximate surface area is 87.1 Å². The highest BCUT2D eigenvalue weighted by Gasteiger charge is 2.19. The molecule has 0 aromatic heterocycles. The fourth-order valence-corrected chi connectivity index (χ4v) is 2.16. The predicted octanol–water partition coefficient (Wildman–Crippen LogP) is 3.84. The molecule has 0 bridgehead atoms. The van der Waals surface area contributed by atoms with Gasteiger partial charge in [0.15, 0.2) is 0 Å². The molecule has 2 atom stereocenters. The first-order valence-electron chi connectivity index (χ1n) is 5.48. The standard InChI is InChI=1S/C13H19N/c1-3-12(8-9-14)10-13-7-5-4-6-11(13)2/h3,10-11,13H,1,4-8H2,2H3/b12-10+. The van der Waals surface area contributed by atoms with E-state index >= 15 is 0 Å². The van der Waals surface area contributed by atoms with Gasteiger partial charge in [0.2, 0.25) is 0 Å². The molecule has 0 amide bonds. The lowest BCUT2D eigenvalue weighted by Gasteiger charge is -2.26. The minimum Gasteiger partial charge on any atom is -0.198 e. The Hall–Kier alpha value is -1.03. The lowest BCUT2D eigenvalue weighted by atomic mass is 9.79. The van der Waals surface area contributed by atoms with E-state index in [1.165, 1.54) is 25.7 Å². The van der Waals surface area contributed by atoms with E-state index in [2.05, 4.69) is 25.6 Å². The molecule has 0 radical (unpaired) electrons. The number of nitrogens with zero attached hydrogens (tertiary/aromatic N) is 1. The first kappa shape index (κ1) is 11.0. The summed E-state index contributed by atoms with van der Waals surface area (Å²) in [4.78, 5) is 0. The number of nitriles is 1. The van der Waals surface area contributed by atoms with E-state index in [1.54, 1.807) is 0 Å². The Kier molecular flexibility index (Phi) is 4.46. The average molecular weight is 189 g/mol. The molecule has 76 valence electrons. The van der Waals surface area contributed by atoms with Gasteiger partial charge in [-0.25, -0.2) is 0 Å². The zero-order chi connectivity index (χ0) is 10.4. The van der Waals surface area contributed by atoms with Gasteiger partial charge in [0.1, 0.15) is 0 Å². The van der Waals surface area contributed by atoms with Gasteiger partial charge >= 0.3 is 0 Å². The van der Waals surface area contributed by atoms with E-state index in [0.717, 1.165) is 11.5 Å². The van der Waals surface area contributed by atoms with Crippen LogP contribution in [0.15, 0.2) is 24.3 Å². The van der Waals surface area contributed by atoms with Crippen LogP contribution in [0.5, 0.6) is 0 Å². The van der Waals surface area contributed by atoms with Crippen molar-refractivity contribution in [3.8, 4) is 6.07 Å². The van der Waals surface area contributed by atoms with Crippen LogP contribution in [0.4, 0.5) is 0 Å². The maximum Gasteiger partial charge on any atom is 0.0669 e. The van der Waals surface area contributed by atoms with Crippen LogP contribution in [0.25, 0.3) is 0 Å². The van der Waals surface area contributed by atoms with Crippen molar-refractivity contribution in [2.45, 2.75) is 39.0 Å². The summed E-state index contributed by atoms with van der Waals surface area (Å²) in [6.45, 7) is 6.06. The van der Waals surface area contributed by atoms with Gasteiger partial charge < -0.3 is 0 Å². The summed E-state index contributed by atoms with van der Waals surface area (Å²) in [5, 5.41) is 8.62. The zero-order valence-electron chi connectivity index (χ0n) is 9.00. The molecule has 1 heteroatoms. The molecule has 0 aromatic carbocycles. The second-order valence-electron chi connectivity index (χ2n) is 4.21. The first-order chi connectivity index (χ1) is 6.77. The van der Waals surface area contributed by atoms with Gasteiger partial charge in [-0.15, -0.1) is 0 Å². The topological polar surface area (TPSA) is 23.8 Å². The fraction of sp³-hybridized carbons (Fsp3) is 0.615. The molecular formula is C13H19N. The van der Waals surface area contributed by atoms with Gasteiger partial charge in [-0.05, 0) is 23.8 Å². The third-order valence-corrected chi connectivity index (χ3v) is 3.15. The summed E-state index contributed by atoms with van der Waals surface area (Å²) < 4.78 is 0.